The van der Waals surface area contributed by atoms with Gasteiger partial charge in [0.15, 0.2) is 5.82 Å². The van der Waals surface area contributed by atoms with Gasteiger partial charge < -0.3 is 11.1 Å². The lowest BCUT2D eigenvalue weighted by molar-refractivity contribution is 0.251. The molecule has 1 heterocycles. The summed E-state index contributed by atoms with van der Waals surface area (Å²) in [5, 5.41) is 9.59. The van der Waals surface area contributed by atoms with E-state index in [4.69, 9.17) is 5.73 Å². The van der Waals surface area contributed by atoms with Crippen molar-refractivity contribution in [1.29, 1.82) is 0 Å². The summed E-state index contributed by atoms with van der Waals surface area (Å²) in [7, 11) is 1.73. The maximum absolute atomic E-state index is 11.8. The van der Waals surface area contributed by atoms with E-state index in [1.54, 1.807) is 18.7 Å². The van der Waals surface area contributed by atoms with Crippen LogP contribution >= 0.6 is 0 Å². The fraction of sp³-hybridized carbons (Fsp3) is 0.231. The van der Waals surface area contributed by atoms with Gasteiger partial charge in [-0.2, -0.15) is 5.10 Å². The van der Waals surface area contributed by atoms with E-state index in [1.807, 2.05) is 30.3 Å². The number of carbonyl (C=O) groups excluding carboxylic acids is 1. The summed E-state index contributed by atoms with van der Waals surface area (Å²) in [5.41, 5.74) is 8.05. The van der Waals surface area contributed by atoms with Gasteiger partial charge in [0.1, 0.15) is 0 Å². The highest BCUT2D eigenvalue weighted by Gasteiger charge is 2.12. The Labute approximate surface area is 111 Å². The number of aromatic nitrogens is 2. The van der Waals surface area contributed by atoms with Gasteiger partial charge in [0.05, 0.1) is 11.4 Å². The quantitative estimate of drug-likeness (QED) is 0.783. The first-order valence-electron chi connectivity index (χ1n) is 5.96. The number of nitrogen functional groups attached to an aromatic ring is 1. The van der Waals surface area contributed by atoms with Gasteiger partial charge in [0.2, 0.25) is 0 Å². The van der Waals surface area contributed by atoms with Crippen molar-refractivity contribution in [3.05, 3.63) is 41.6 Å². The SMILES string of the molecule is Cc1nn(C)c(NC(=O)NCc2ccccc2)c1N. The highest BCUT2D eigenvalue weighted by molar-refractivity contribution is 5.91. The van der Waals surface area contributed by atoms with Gasteiger partial charge >= 0.3 is 6.03 Å². The van der Waals surface area contributed by atoms with Crippen LogP contribution in [-0.2, 0) is 13.6 Å². The minimum Gasteiger partial charge on any atom is -0.394 e. The maximum atomic E-state index is 11.8. The van der Waals surface area contributed by atoms with Crippen molar-refractivity contribution in [3.8, 4) is 0 Å². The number of urea groups is 1. The van der Waals surface area contributed by atoms with Crippen LogP contribution in [-0.4, -0.2) is 15.8 Å². The second-order valence-corrected chi connectivity index (χ2v) is 4.26. The minimum atomic E-state index is -0.307. The van der Waals surface area contributed by atoms with Crippen LogP contribution in [0.5, 0.6) is 0 Å². The second kappa shape index (κ2) is 5.43. The number of amides is 2. The molecule has 1 aromatic heterocycles. The second-order valence-electron chi connectivity index (χ2n) is 4.26. The zero-order chi connectivity index (χ0) is 13.8. The molecule has 0 atom stereocenters. The average molecular weight is 259 g/mol. The van der Waals surface area contributed by atoms with Gasteiger partial charge in [-0.3, -0.25) is 10.00 Å². The number of anilines is 2. The molecule has 0 unspecified atom stereocenters. The molecule has 0 aliphatic carbocycles. The van der Waals surface area contributed by atoms with Crippen molar-refractivity contribution in [2.75, 3.05) is 11.1 Å². The Morgan fingerprint density at radius 2 is 2.05 bits per heavy atom. The van der Waals surface area contributed by atoms with Crippen LogP contribution in [0.1, 0.15) is 11.3 Å². The molecule has 0 radical (unpaired) electrons. The minimum absolute atomic E-state index is 0.307. The summed E-state index contributed by atoms with van der Waals surface area (Å²) in [6.07, 6.45) is 0. The van der Waals surface area contributed by atoms with Crippen LogP contribution in [0.25, 0.3) is 0 Å². The lowest BCUT2D eigenvalue weighted by Gasteiger charge is -2.08. The van der Waals surface area contributed by atoms with E-state index in [-0.39, 0.29) is 6.03 Å². The molecule has 100 valence electrons. The number of hydrogen-bond acceptors (Lipinski definition) is 3. The topological polar surface area (TPSA) is 85.0 Å². The first kappa shape index (κ1) is 12.9. The van der Waals surface area contributed by atoms with Gasteiger partial charge in [-0.25, -0.2) is 4.79 Å². The van der Waals surface area contributed by atoms with Crippen molar-refractivity contribution in [1.82, 2.24) is 15.1 Å². The molecule has 0 aliphatic rings. The summed E-state index contributed by atoms with van der Waals surface area (Å²) >= 11 is 0. The normalized spacial score (nSPS) is 10.2. The largest absolute Gasteiger partial charge is 0.394 e. The smallest absolute Gasteiger partial charge is 0.320 e. The third-order valence-corrected chi connectivity index (χ3v) is 2.80. The Morgan fingerprint density at radius 3 is 2.63 bits per heavy atom. The molecular formula is C13H17N5O. The van der Waals surface area contributed by atoms with Crippen LogP contribution in [0.15, 0.2) is 30.3 Å². The molecular weight excluding hydrogens is 242 g/mol. The summed E-state index contributed by atoms with van der Waals surface area (Å²) in [5.74, 6) is 0.503. The van der Waals surface area contributed by atoms with Crippen molar-refractivity contribution in [2.24, 2.45) is 7.05 Å². The predicted molar refractivity (Wildman–Crippen MR) is 74.7 cm³/mol. The van der Waals surface area contributed by atoms with E-state index in [9.17, 15) is 4.79 Å². The van der Waals surface area contributed by atoms with Crippen LogP contribution in [0.3, 0.4) is 0 Å². The Kier molecular flexibility index (Phi) is 3.70. The van der Waals surface area contributed by atoms with Gasteiger partial charge in [-0.1, -0.05) is 30.3 Å². The molecule has 0 spiro atoms. The van der Waals surface area contributed by atoms with Crippen molar-refractivity contribution < 1.29 is 4.79 Å². The maximum Gasteiger partial charge on any atom is 0.320 e. The van der Waals surface area contributed by atoms with Crippen LogP contribution in [0, 0.1) is 6.92 Å². The Bertz CT molecular complexity index is 576. The lowest BCUT2D eigenvalue weighted by atomic mass is 10.2. The van der Waals surface area contributed by atoms with Crippen molar-refractivity contribution in [2.45, 2.75) is 13.5 Å². The summed E-state index contributed by atoms with van der Waals surface area (Å²) in [4.78, 5) is 11.8. The highest BCUT2D eigenvalue weighted by Crippen LogP contribution is 2.20. The number of benzene rings is 1. The zero-order valence-corrected chi connectivity index (χ0v) is 11.0. The van der Waals surface area contributed by atoms with E-state index in [1.165, 1.54) is 0 Å². The third-order valence-electron chi connectivity index (χ3n) is 2.80. The fourth-order valence-electron chi connectivity index (χ4n) is 1.75. The highest BCUT2D eigenvalue weighted by atomic mass is 16.2. The van der Waals surface area contributed by atoms with Crippen molar-refractivity contribution >= 4 is 17.5 Å². The van der Waals surface area contributed by atoms with Gasteiger partial charge in [0.25, 0.3) is 0 Å². The number of rotatable bonds is 3. The number of nitrogens with zero attached hydrogens (tertiary/aromatic N) is 2. The molecule has 6 heteroatoms. The van der Waals surface area contributed by atoms with Gasteiger partial charge in [-0.05, 0) is 12.5 Å². The number of aryl methyl sites for hydroxylation is 2. The number of nitrogens with two attached hydrogens (primary N) is 1. The van der Waals surface area contributed by atoms with E-state index in [0.29, 0.717) is 23.7 Å². The number of hydrogen-bond donors (Lipinski definition) is 3. The van der Waals surface area contributed by atoms with E-state index < -0.39 is 0 Å². The zero-order valence-electron chi connectivity index (χ0n) is 11.0. The average Bonchev–Trinajstić information content (AvgIpc) is 2.64. The molecule has 0 aliphatic heterocycles. The lowest BCUT2D eigenvalue weighted by Crippen LogP contribution is -2.29. The standard InChI is InChI=1S/C13H17N5O/c1-9-11(14)12(18(2)17-9)16-13(19)15-8-10-6-4-3-5-7-10/h3-7H,8,14H2,1-2H3,(H2,15,16,19). The van der Waals surface area contributed by atoms with E-state index in [0.717, 1.165) is 5.56 Å². The molecule has 19 heavy (non-hydrogen) atoms. The third kappa shape index (κ3) is 3.04. The Morgan fingerprint density at radius 1 is 1.37 bits per heavy atom. The Hall–Kier alpha value is -2.50. The molecule has 0 saturated carbocycles. The van der Waals surface area contributed by atoms with Gasteiger partial charge in [0, 0.05) is 13.6 Å². The fourth-order valence-corrected chi connectivity index (χ4v) is 1.75. The molecule has 4 N–H and O–H groups in total. The molecule has 1 aromatic carbocycles. The van der Waals surface area contributed by atoms with Crippen LogP contribution < -0.4 is 16.4 Å². The first-order chi connectivity index (χ1) is 9.08. The van der Waals surface area contributed by atoms with Gasteiger partial charge in [-0.15, -0.1) is 0 Å². The molecule has 6 nitrogen and oxygen atoms in total. The molecule has 0 bridgehead atoms. The summed E-state index contributed by atoms with van der Waals surface area (Å²) < 4.78 is 1.55. The molecule has 0 saturated heterocycles. The predicted octanol–water partition coefficient (Wildman–Crippen LogP) is 1.63. The van der Waals surface area contributed by atoms with E-state index in [2.05, 4.69) is 15.7 Å². The Balaban J connectivity index is 1.95. The number of nitrogens with one attached hydrogen (secondary N) is 2. The first-order valence-corrected chi connectivity index (χ1v) is 5.96. The molecule has 0 fully saturated rings. The van der Waals surface area contributed by atoms with Crippen LogP contribution in [0.4, 0.5) is 16.3 Å². The molecule has 2 amide bonds. The van der Waals surface area contributed by atoms with E-state index >= 15 is 0 Å². The number of carbonyl (C=O) groups is 1. The summed E-state index contributed by atoms with van der Waals surface area (Å²) in [6.45, 7) is 2.26. The molecule has 2 aromatic rings. The van der Waals surface area contributed by atoms with Crippen LogP contribution in [0.2, 0.25) is 0 Å². The van der Waals surface area contributed by atoms with Crippen molar-refractivity contribution in [3.63, 3.8) is 0 Å². The summed E-state index contributed by atoms with van der Waals surface area (Å²) in [6, 6.07) is 9.38. The monoisotopic (exact) mass is 259 g/mol. The molecule has 2 rings (SSSR count).